The van der Waals surface area contributed by atoms with Gasteiger partial charge in [-0.2, -0.15) is 0 Å². The van der Waals surface area contributed by atoms with E-state index in [1.807, 2.05) is 0 Å². The van der Waals surface area contributed by atoms with Crippen LogP contribution < -0.4 is 4.74 Å². The second-order valence-corrected chi connectivity index (χ2v) is 3.75. The van der Waals surface area contributed by atoms with Gasteiger partial charge in [-0.05, 0) is 41.4 Å². The lowest BCUT2D eigenvalue weighted by molar-refractivity contribution is 0.101. The van der Waals surface area contributed by atoms with Crippen molar-refractivity contribution in [2.45, 2.75) is 13.8 Å². The standard InChI is InChI=1S/C10H10BrFO2/c1-5-4-7(6(2)13)9(12)10(14-3)8(5)11/h4H,1-3H3. The third-order valence-electron chi connectivity index (χ3n) is 1.93. The Kier molecular flexibility index (Phi) is 3.26. The molecule has 0 aromatic heterocycles. The summed E-state index contributed by atoms with van der Waals surface area (Å²) in [5.74, 6) is -0.843. The van der Waals surface area contributed by atoms with E-state index >= 15 is 0 Å². The summed E-state index contributed by atoms with van der Waals surface area (Å²) in [6.07, 6.45) is 0. The summed E-state index contributed by atoms with van der Waals surface area (Å²) in [4.78, 5) is 11.1. The maximum absolute atomic E-state index is 13.6. The van der Waals surface area contributed by atoms with Gasteiger partial charge >= 0.3 is 0 Å². The first-order chi connectivity index (χ1) is 6.49. The average molecular weight is 261 g/mol. The largest absolute Gasteiger partial charge is 0.492 e. The van der Waals surface area contributed by atoms with Gasteiger partial charge in [0.25, 0.3) is 0 Å². The molecule has 1 rings (SSSR count). The highest BCUT2D eigenvalue weighted by Crippen LogP contribution is 2.33. The third-order valence-corrected chi connectivity index (χ3v) is 2.91. The van der Waals surface area contributed by atoms with E-state index in [0.717, 1.165) is 5.56 Å². The van der Waals surface area contributed by atoms with Gasteiger partial charge in [0.15, 0.2) is 17.3 Å². The third kappa shape index (κ3) is 1.80. The van der Waals surface area contributed by atoms with Crippen LogP contribution in [0.2, 0.25) is 0 Å². The van der Waals surface area contributed by atoms with Gasteiger partial charge in [-0.15, -0.1) is 0 Å². The molecule has 0 unspecified atom stereocenters. The highest BCUT2D eigenvalue weighted by Gasteiger charge is 2.17. The molecule has 0 atom stereocenters. The molecule has 0 saturated carbocycles. The second kappa shape index (κ2) is 4.09. The first-order valence-corrected chi connectivity index (χ1v) is 4.81. The lowest BCUT2D eigenvalue weighted by Crippen LogP contribution is -2.02. The Hall–Kier alpha value is -0.900. The van der Waals surface area contributed by atoms with E-state index in [2.05, 4.69) is 15.9 Å². The molecule has 1 aromatic carbocycles. The van der Waals surface area contributed by atoms with Crippen LogP contribution in [0.5, 0.6) is 5.75 Å². The van der Waals surface area contributed by atoms with Crippen molar-refractivity contribution in [1.82, 2.24) is 0 Å². The average Bonchev–Trinajstić information content (AvgIpc) is 2.12. The number of halogens is 2. The van der Waals surface area contributed by atoms with E-state index in [4.69, 9.17) is 4.74 Å². The molecule has 0 radical (unpaired) electrons. The molecular formula is C10H10BrFO2. The van der Waals surface area contributed by atoms with Gasteiger partial charge in [0.1, 0.15) is 0 Å². The fraction of sp³-hybridized carbons (Fsp3) is 0.300. The molecule has 0 fully saturated rings. The lowest BCUT2D eigenvalue weighted by Gasteiger charge is -2.10. The van der Waals surface area contributed by atoms with Crippen molar-refractivity contribution in [1.29, 1.82) is 0 Å². The van der Waals surface area contributed by atoms with Crippen molar-refractivity contribution in [3.8, 4) is 5.75 Å². The topological polar surface area (TPSA) is 26.3 Å². The molecule has 0 bridgehead atoms. The number of aryl methyl sites for hydroxylation is 1. The monoisotopic (exact) mass is 260 g/mol. The van der Waals surface area contributed by atoms with Gasteiger partial charge in [0.2, 0.25) is 0 Å². The molecule has 0 aliphatic rings. The Bertz CT molecular complexity index is 388. The highest BCUT2D eigenvalue weighted by molar-refractivity contribution is 9.10. The summed E-state index contributed by atoms with van der Waals surface area (Å²) in [7, 11) is 1.37. The number of benzene rings is 1. The number of carbonyl (C=O) groups is 1. The summed E-state index contributed by atoms with van der Waals surface area (Å²) in [5.41, 5.74) is 0.830. The Morgan fingerprint density at radius 3 is 2.57 bits per heavy atom. The fourth-order valence-electron chi connectivity index (χ4n) is 1.18. The van der Waals surface area contributed by atoms with Crippen LogP contribution in [0.1, 0.15) is 22.8 Å². The van der Waals surface area contributed by atoms with Crippen molar-refractivity contribution in [3.63, 3.8) is 0 Å². The Morgan fingerprint density at radius 2 is 2.14 bits per heavy atom. The van der Waals surface area contributed by atoms with E-state index in [-0.39, 0.29) is 17.1 Å². The van der Waals surface area contributed by atoms with Crippen LogP contribution in [-0.2, 0) is 0 Å². The van der Waals surface area contributed by atoms with Crippen LogP contribution >= 0.6 is 15.9 Å². The van der Waals surface area contributed by atoms with Crippen LogP contribution in [-0.4, -0.2) is 12.9 Å². The summed E-state index contributed by atoms with van der Waals surface area (Å²) in [6.45, 7) is 3.10. The Balaban J connectivity index is 3.50. The van der Waals surface area contributed by atoms with Crippen LogP contribution in [0, 0.1) is 12.7 Å². The first-order valence-electron chi connectivity index (χ1n) is 4.02. The molecule has 14 heavy (non-hydrogen) atoms. The van der Waals surface area contributed by atoms with Gasteiger partial charge in [-0.1, -0.05) is 0 Å². The SMILES string of the molecule is COc1c(F)c(C(C)=O)cc(C)c1Br. The number of rotatable bonds is 2. The predicted molar refractivity (Wildman–Crippen MR) is 55.4 cm³/mol. The zero-order chi connectivity index (χ0) is 10.9. The molecule has 0 aliphatic carbocycles. The van der Waals surface area contributed by atoms with E-state index in [9.17, 15) is 9.18 Å². The zero-order valence-electron chi connectivity index (χ0n) is 8.15. The van der Waals surface area contributed by atoms with Gasteiger partial charge in [-0.3, -0.25) is 4.79 Å². The van der Waals surface area contributed by atoms with Crippen molar-refractivity contribution < 1.29 is 13.9 Å². The number of carbonyl (C=O) groups excluding carboxylic acids is 1. The summed E-state index contributed by atoms with van der Waals surface area (Å²) in [5, 5.41) is 0. The van der Waals surface area contributed by atoms with E-state index in [1.165, 1.54) is 20.1 Å². The zero-order valence-corrected chi connectivity index (χ0v) is 9.74. The second-order valence-electron chi connectivity index (χ2n) is 2.96. The molecule has 0 saturated heterocycles. The smallest absolute Gasteiger partial charge is 0.177 e. The lowest BCUT2D eigenvalue weighted by atomic mass is 10.1. The van der Waals surface area contributed by atoms with Gasteiger partial charge in [-0.25, -0.2) is 4.39 Å². The molecule has 4 heteroatoms. The van der Waals surface area contributed by atoms with Gasteiger partial charge in [0, 0.05) is 0 Å². The number of ether oxygens (including phenoxy) is 1. The van der Waals surface area contributed by atoms with Gasteiger partial charge < -0.3 is 4.74 Å². The van der Waals surface area contributed by atoms with Crippen LogP contribution in [0.25, 0.3) is 0 Å². The van der Waals surface area contributed by atoms with Gasteiger partial charge in [0.05, 0.1) is 17.1 Å². The minimum atomic E-state index is -0.613. The number of ketones is 1. The normalized spacial score (nSPS) is 10.1. The summed E-state index contributed by atoms with van der Waals surface area (Å²) >= 11 is 3.20. The van der Waals surface area contributed by atoms with Crippen molar-refractivity contribution in [2.75, 3.05) is 7.11 Å². The summed E-state index contributed by atoms with van der Waals surface area (Å²) < 4.78 is 19.0. The molecule has 76 valence electrons. The molecule has 0 spiro atoms. The molecule has 0 N–H and O–H groups in total. The molecule has 2 nitrogen and oxygen atoms in total. The van der Waals surface area contributed by atoms with Crippen LogP contribution in [0.3, 0.4) is 0 Å². The van der Waals surface area contributed by atoms with E-state index in [1.54, 1.807) is 6.92 Å². The Labute approximate surface area is 90.2 Å². The van der Waals surface area contributed by atoms with E-state index in [0.29, 0.717) is 4.47 Å². The van der Waals surface area contributed by atoms with Crippen LogP contribution in [0.4, 0.5) is 4.39 Å². The number of methoxy groups -OCH3 is 1. The van der Waals surface area contributed by atoms with Crippen molar-refractivity contribution in [3.05, 3.63) is 27.5 Å². The molecular weight excluding hydrogens is 251 g/mol. The highest BCUT2D eigenvalue weighted by atomic mass is 79.9. The minimum absolute atomic E-state index is 0.0579. The van der Waals surface area contributed by atoms with Crippen molar-refractivity contribution >= 4 is 21.7 Å². The number of hydrogen-bond donors (Lipinski definition) is 0. The first kappa shape index (κ1) is 11.2. The molecule has 0 amide bonds. The minimum Gasteiger partial charge on any atom is -0.492 e. The maximum atomic E-state index is 13.6. The van der Waals surface area contributed by atoms with Crippen molar-refractivity contribution in [2.24, 2.45) is 0 Å². The van der Waals surface area contributed by atoms with Crippen LogP contribution in [0.15, 0.2) is 10.5 Å². The Morgan fingerprint density at radius 1 is 1.57 bits per heavy atom. The summed E-state index contributed by atoms with van der Waals surface area (Å²) in [6, 6.07) is 1.50. The molecule has 0 heterocycles. The fourth-order valence-corrected chi connectivity index (χ4v) is 1.63. The number of hydrogen-bond acceptors (Lipinski definition) is 2. The number of Topliss-reactive ketones (excluding diaryl/α,β-unsaturated/α-hetero) is 1. The molecule has 0 aliphatic heterocycles. The molecule has 1 aromatic rings. The predicted octanol–water partition coefficient (Wildman–Crippen LogP) is 3.11. The van der Waals surface area contributed by atoms with E-state index < -0.39 is 5.82 Å². The quantitative estimate of drug-likeness (QED) is 0.764. The maximum Gasteiger partial charge on any atom is 0.177 e.